The lowest BCUT2D eigenvalue weighted by molar-refractivity contribution is -0.124. The fourth-order valence-corrected chi connectivity index (χ4v) is 3.83. The van der Waals surface area contributed by atoms with E-state index in [-0.39, 0.29) is 5.91 Å². The molecular formula is C16H32N4O. The molecule has 0 saturated carbocycles. The number of amides is 1. The maximum Gasteiger partial charge on any atom is 0.237 e. The number of carbonyl (C=O) groups is 1. The fraction of sp³-hybridized carbons (Fsp3) is 0.938. The Labute approximate surface area is 129 Å². The van der Waals surface area contributed by atoms with Crippen molar-refractivity contribution in [2.24, 2.45) is 5.73 Å². The average molecular weight is 296 g/mol. The Morgan fingerprint density at radius 1 is 1.33 bits per heavy atom. The Hall–Kier alpha value is -0.650. The molecule has 3 N–H and O–H groups in total. The van der Waals surface area contributed by atoms with Crippen LogP contribution in [0.5, 0.6) is 0 Å². The lowest BCUT2D eigenvalue weighted by Crippen LogP contribution is -2.53. The Kier molecular flexibility index (Phi) is 6.02. The summed E-state index contributed by atoms with van der Waals surface area (Å²) in [4.78, 5) is 16.9. The van der Waals surface area contributed by atoms with Crippen LogP contribution < -0.4 is 11.1 Å². The van der Waals surface area contributed by atoms with E-state index in [1.807, 2.05) is 13.8 Å². The highest BCUT2D eigenvalue weighted by molar-refractivity contribution is 5.84. The van der Waals surface area contributed by atoms with Crippen molar-refractivity contribution in [3.63, 3.8) is 0 Å². The smallest absolute Gasteiger partial charge is 0.237 e. The van der Waals surface area contributed by atoms with E-state index in [9.17, 15) is 4.79 Å². The van der Waals surface area contributed by atoms with Crippen molar-refractivity contribution in [3.05, 3.63) is 0 Å². The van der Waals surface area contributed by atoms with Crippen molar-refractivity contribution in [3.8, 4) is 0 Å². The first kappa shape index (κ1) is 16.7. The summed E-state index contributed by atoms with van der Waals surface area (Å²) < 4.78 is 0. The molecule has 0 aromatic rings. The van der Waals surface area contributed by atoms with Gasteiger partial charge in [0.2, 0.25) is 5.91 Å². The largest absolute Gasteiger partial charge is 0.368 e. The number of fused-ring (bicyclic) bond motifs is 1. The number of nitrogens with one attached hydrogen (secondary N) is 1. The molecule has 0 aromatic carbocycles. The van der Waals surface area contributed by atoms with Crippen LogP contribution in [0.1, 0.15) is 46.0 Å². The molecule has 2 saturated heterocycles. The molecule has 5 nitrogen and oxygen atoms in total. The van der Waals surface area contributed by atoms with E-state index in [0.29, 0.717) is 0 Å². The van der Waals surface area contributed by atoms with E-state index in [4.69, 9.17) is 5.73 Å². The molecule has 0 spiro atoms. The number of carbonyl (C=O) groups excluding carboxylic acids is 1. The van der Waals surface area contributed by atoms with E-state index in [1.54, 1.807) is 0 Å². The number of likely N-dealkylation sites (N-methyl/N-ethyl adjacent to an activating group) is 1. The van der Waals surface area contributed by atoms with Crippen LogP contribution in [0.3, 0.4) is 0 Å². The Balaban J connectivity index is 1.78. The number of rotatable bonds is 7. The van der Waals surface area contributed by atoms with Gasteiger partial charge in [0, 0.05) is 12.6 Å². The van der Waals surface area contributed by atoms with Crippen LogP contribution in [0.4, 0.5) is 0 Å². The molecule has 2 fully saturated rings. The molecular weight excluding hydrogens is 264 g/mol. The molecule has 2 aliphatic rings. The molecule has 0 radical (unpaired) electrons. The predicted octanol–water partition coefficient (Wildman–Crippen LogP) is 0.790. The van der Waals surface area contributed by atoms with E-state index < -0.39 is 5.54 Å². The standard InChI is InChI=1S/C16H32N4O/c1-3-18-16(2,15(17)21)8-5-9-19-10-6-12-20-11-4-7-14(20)13-19/h14,18H,3-13H2,1-2H3,(H2,17,21). The summed E-state index contributed by atoms with van der Waals surface area (Å²) in [6.45, 7) is 10.8. The maximum atomic E-state index is 11.6. The molecule has 2 rings (SSSR count). The second-order valence-corrected chi connectivity index (χ2v) is 6.82. The van der Waals surface area contributed by atoms with Gasteiger partial charge in [-0.25, -0.2) is 0 Å². The van der Waals surface area contributed by atoms with Crippen LogP contribution in [-0.4, -0.2) is 66.6 Å². The molecule has 2 aliphatic heterocycles. The summed E-state index contributed by atoms with van der Waals surface area (Å²) in [6.07, 6.45) is 5.84. The molecule has 0 bridgehead atoms. The zero-order chi connectivity index (χ0) is 15.3. The normalized spacial score (nSPS) is 27.0. The summed E-state index contributed by atoms with van der Waals surface area (Å²) in [6, 6.07) is 0.767. The highest BCUT2D eigenvalue weighted by Crippen LogP contribution is 2.22. The topological polar surface area (TPSA) is 61.6 Å². The molecule has 2 atom stereocenters. The third-order valence-electron chi connectivity index (χ3n) is 5.15. The molecule has 1 amide bonds. The molecule has 5 heteroatoms. The van der Waals surface area contributed by atoms with Crippen molar-refractivity contribution in [1.29, 1.82) is 0 Å². The van der Waals surface area contributed by atoms with Crippen LogP contribution in [0.15, 0.2) is 0 Å². The highest BCUT2D eigenvalue weighted by atomic mass is 16.1. The van der Waals surface area contributed by atoms with Gasteiger partial charge in [0.25, 0.3) is 0 Å². The lowest BCUT2D eigenvalue weighted by Gasteiger charge is -2.29. The number of nitrogens with two attached hydrogens (primary N) is 1. The summed E-state index contributed by atoms with van der Waals surface area (Å²) in [5, 5.41) is 3.24. The maximum absolute atomic E-state index is 11.6. The van der Waals surface area contributed by atoms with Crippen LogP contribution >= 0.6 is 0 Å². The van der Waals surface area contributed by atoms with Gasteiger partial charge < -0.3 is 16.0 Å². The summed E-state index contributed by atoms with van der Waals surface area (Å²) >= 11 is 0. The highest BCUT2D eigenvalue weighted by Gasteiger charge is 2.31. The van der Waals surface area contributed by atoms with Crippen LogP contribution in [0.2, 0.25) is 0 Å². The number of hydrogen-bond donors (Lipinski definition) is 2. The van der Waals surface area contributed by atoms with Gasteiger partial charge in [0.05, 0.1) is 5.54 Å². The van der Waals surface area contributed by atoms with Crippen LogP contribution in [0.25, 0.3) is 0 Å². The molecule has 2 unspecified atom stereocenters. The van der Waals surface area contributed by atoms with Gasteiger partial charge in [-0.05, 0) is 71.8 Å². The third-order valence-corrected chi connectivity index (χ3v) is 5.15. The minimum absolute atomic E-state index is 0.234. The molecule has 0 aliphatic carbocycles. The van der Waals surface area contributed by atoms with Gasteiger partial charge in [-0.15, -0.1) is 0 Å². The zero-order valence-corrected chi connectivity index (χ0v) is 13.7. The van der Waals surface area contributed by atoms with Crippen molar-refractivity contribution < 1.29 is 4.79 Å². The summed E-state index contributed by atoms with van der Waals surface area (Å²) in [5.41, 5.74) is 4.99. The van der Waals surface area contributed by atoms with Gasteiger partial charge in [-0.1, -0.05) is 6.92 Å². The molecule has 21 heavy (non-hydrogen) atoms. The Morgan fingerprint density at radius 3 is 2.81 bits per heavy atom. The van der Waals surface area contributed by atoms with Crippen molar-refractivity contribution in [1.82, 2.24) is 15.1 Å². The third kappa shape index (κ3) is 4.41. The zero-order valence-electron chi connectivity index (χ0n) is 13.7. The second kappa shape index (κ2) is 7.56. The van der Waals surface area contributed by atoms with E-state index in [0.717, 1.165) is 32.0 Å². The SMILES string of the molecule is CCNC(C)(CCCN1CCCN2CCCC2C1)C(N)=O. The van der Waals surface area contributed by atoms with Gasteiger partial charge in [0.1, 0.15) is 0 Å². The summed E-state index contributed by atoms with van der Waals surface area (Å²) in [7, 11) is 0. The van der Waals surface area contributed by atoms with Gasteiger partial charge in [-0.3, -0.25) is 9.69 Å². The van der Waals surface area contributed by atoms with Crippen molar-refractivity contribution in [2.45, 2.75) is 57.5 Å². The molecule has 2 heterocycles. The van der Waals surface area contributed by atoms with Crippen LogP contribution in [-0.2, 0) is 4.79 Å². The van der Waals surface area contributed by atoms with Gasteiger partial charge in [0.15, 0.2) is 0 Å². The quantitative estimate of drug-likeness (QED) is 0.729. The fourth-order valence-electron chi connectivity index (χ4n) is 3.83. The van der Waals surface area contributed by atoms with E-state index in [1.165, 1.54) is 45.4 Å². The first-order valence-electron chi connectivity index (χ1n) is 8.56. The predicted molar refractivity (Wildman–Crippen MR) is 86.2 cm³/mol. The first-order valence-corrected chi connectivity index (χ1v) is 8.56. The molecule has 122 valence electrons. The number of hydrogen-bond acceptors (Lipinski definition) is 4. The Morgan fingerprint density at radius 2 is 2.10 bits per heavy atom. The van der Waals surface area contributed by atoms with E-state index in [2.05, 4.69) is 15.1 Å². The van der Waals surface area contributed by atoms with Gasteiger partial charge in [-0.2, -0.15) is 0 Å². The van der Waals surface area contributed by atoms with Crippen molar-refractivity contribution in [2.75, 3.05) is 39.3 Å². The number of nitrogens with zero attached hydrogens (tertiary/aromatic N) is 2. The van der Waals surface area contributed by atoms with Gasteiger partial charge >= 0.3 is 0 Å². The first-order chi connectivity index (χ1) is 10.0. The minimum atomic E-state index is -0.556. The van der Waals surface area contributed by atoms with Crippen LogP contribution in [0, 0.1) is 0 Å². The Bertz CT molecular complexity index is 349. The number of primary amides is 1. The minimum Gasteiger partial charge on any atom is -0.368 e. The monoisotopic (exact) mass is 296 g/mol. The average Bonchev–Trinajstić information content (AvgIpc) is 2.77. The van der Waals surface area contributed by atoms with E-state index >= 15 is 0 Å². The lowest BCUT2D eigenvalue weighted by atomic mass is 9.94. The second-order valence-electron chi connectivity index (χ2n) is 6.82. The molecule has 0 aromatic heterocycles. The van der Waals surface area contributed by atoms with Crippen molar-refractivity contribution >= 4 is 5.91 Å². The summed E-state index contributed by atoms with van der Waals surface area (Å²) in [5.74, 6) is -0.234.